The number of benzene rings is 1. The number of hydrogen-bond acceptors (Lipinski definition) is 2. The molecule has 0 bridgehead atoms. The second-order valence-corrected chi connectivity index (χ2v) is 5.62. The summed E-state index contributed by atoms with van der Waals surface area (Å²) >= 11 is 0. The third-order valence-corrected chi connectivity index (χ3v) is 4.18. The summed E-state index contributed by atoms with van der Waals surface area (Å²) in [6.45, 7) is 0.220. The van der Waals surface area contributed by atoms with Gasteiger partial charge in [0.15, 0.2) is 0 Å². The van der Waals surface area contributed by atoms with E-state index in [9.17, 15) is 9.59 Å². The lowest BCUT2D eigenvalue weighted by molar-refractivity contribution is -0.143. The number of hydrogen-bond donors (Lipinski definition) is 2. The van der Waals surface area contributed by atoms with Crippen LogP contribution in [0.1, 0.15) is 40.7 Å². The first-order valence-corrected chi connectivity index (χ1v) is 6.92. The Morgan fingerprint density at radius 2 is 2.10 bits per heavy atom. The number of rotatable bonds is 4. The van der Waals surface area contributed by atoms with Gasteiger partial charge in [0.1, 0.15) is 0 Å². The van der Waals surface area contributed by atoms with E-state index in [0.717, 1.165) is 18.4 Å². The van der Waals surface area contributed by atoms with Gasteiger partial charge in [-0.25, -0.2) is 0 Å². The van der Waals surface area contributed by atoms with Crippen molar-refractivity contribution in [2.24, 2.45) is 5.41 Å². The van der Waals surface area contributed by atoms with Crippen molar-refractivity contribution in [2.75, 3.05) is 6.54 Å². The van der Waals surface area contributed by atoms with E-state index < -0.39 is 11.4 Å². The Morgan fingerprint density at radius 3 is 2.80 bits per heavy atom. The van der Waals surface area contributed by atoms with E-state index in [0.29, 0.717) is 18.4 Å². The molecule has 0 radical (unpaired) electrons. The van der Waals surface area contributed by atoms with E-state index in [1.807, 2.05) is 12.1 Å². The molecule has 1 saturated carbocycles. The third kappa shape index (κ3) is 2.33. The van der Waals surface area contributed by atoms with Crippen LogP contribution >= 0.6 is 0 Å². The molecular formula is C16H17NO3. The maximum absolute atomic E-state index is 12.1. The molecule has 0 aliphatic heterocycles. The first-order valence-electron chi connectivity index (χ1n) is 6.92. The summed E-state index contributed by atoms with van der Waals surface area (Å²) in [4.78, 5) is 23.2. The maximum atomic E-state index is 12.1. The van der Waals surface area contributed by atoms with Gasteiger partial charge in [-0.05, 0) is 48.9 Å². The standard InChI is InChI=1S/C16H17NO3/c18-14(17-10-16(7-8-16)15(19)20)13-6-5-11-3-1-2-4-12(11)9-13/h1,3,5-6,9H,2,4,7-8,10H2,(H,17,18)(H,19,20). The number of carboxylic acids is 1. The van der Waals surface area contributed by atoms with Crippen molar-refractivity contribution in [3.63, 3.8) is 0 Å². The highest BCUT2D eigenvalue weighted by molar-refractivity contribution is 5.95. The number of fused-ring (bicyclic) bond motifs is 1. The zero-order valence-corrected chi connectivity index (χ0v) is 11.2. The summed E-state index contributed by atoms with van der Waals surface area (Å²) in [5.74, 6) is -0.997. The van der Waals surface area contributed by atoms with E-state index in [-0.39, 0.29) is 12.5 Å². The van der Waals surface area contributed by atoms with Crippen molar-refractivity contribution < 1.29 is 14.7 Å². The highest BCUT2D eigenvalue weighted by Crippen LogP contribution is 2.45. The number of amides is 1. The van der Waals surface area contributed by atoms with E-state index >= 15 is 0 Å². The summed E-state index contributed by atoms with van der Waals surface area (Å²) in [5, 5.41) is 11.8. The summed E-state index contributed by atoms with van der Waals surface area (Å²) in [7, 11) is 0. The normalized spacial score (nSPS) is 18.2. The monoisotopic (exact) mass is 271 g/mol. The lowest BCUT2D eigenvalue weighted by Crippen LogP contribution is -2.34. The van der Waals surface area contributed by atoms with Gasteiger partial charge in [-0.1, -0.05) is 18.2 Å². The number of carbonyl (C=O) groups is 2. The van der Waals surface area contributed by atoms with E-state index in [1.165, 1.54) is 5.56 Å². The highest BCUT2D eigenvalue weighted by Gasteiger charge is 2.50. The third-order valence-electron chi connectivity index (χ3n) is 4.18. The molecular weight excluding hydrogens is 254 g/mol. The molecule has 0 saturated heterocycles. The molecule has 3 rings (SSSR count). The number of carboxylic acid groups (broad SMARTS) is 1. The lowest BCUT2D eigenvalue weighted by Gasteiger charge is -2.14. The molecule has 20 heavy (non-hydrogen) atoms. The maximum Gasteiger partial charge on any atom is 0.311 e. The molecule has 0 atom stereocenters. The first-order chi connectivity index (χ1) is 9.61. The second kappa shape index (κ2) is 4.78. The second-order valence-electron chi connectivity index (χ2n) is 5.62. The van der Waals surface area contributed by atoms with Crippen molar-refractivity contribution in [1.29, 1.82) is 0 Å². The van der Waals surface area contributed by atoms with Gasteiger partial charge in [-0.3, -0.25) is 9.59 Å². The van der Waals surface area contributed by atoms with Crippen LogP contribution < -0.4 is 5.32 Å². The van der Waals surface area contributed by atoms with Crippen LogP contribution in [0.4, 0.5) is 0 Å². The number of allylic oxidation sites excluding steroid dienone is 1. The summed E-state index contributed by atoms with van der Waals surface area (Å²) in [5.41, 5.74) is 2.24. The fourth-order valence-electron chi connectivity index (χ4n) is 2.54. The van der Waals surface area contributed by atoms with Gasteiger partial charge in [0, 0.05) is 12.1 Å². The van der Waals surface area contributed by atoms with Crippen LogP contribution in [0.3, 0.4) is 0 Å². The molecule has 2 aliphatic rings. The smallest absolute Gasteiger partial charge is 0.311 e. The molecule has 2 aliphatic carbocycles. The van der Waals surface area contributed by atoms with Crippen molar-refractivity contribution in [2.45, 2.75) is 25.7 Å². The molecule has 1 aromatic carbocycles. The fourth-order valence-corrected chi connectivity index (χ4v) is 2.54. The van der Waals surface area contributed by atoms with Gasteiger partial charge in [0.25, 0.3) is 5.91 Å². The molecule has 4 heteroatoms. The average Bonchev–Trinajstić information content (AvgIpc) is 3.25. The predicted molar refractivity (Wildman–Crippen MR) is 75.4 cm³/mol. The van der Waals surface area contributed by atoms with E-state index in [2.05, 4.69) is 17.5 Å². The van der Waals surface area contributed by atoms with Gasteiger partial charge >= 0.3 is 5.97 Å². The molecule has 104 valence electrons. The topological polar surface area (TPSA) is 66.4 Å². The van der Waals surface area contributed by atoms with Gasteiger partial charge in [-0.2, -0.15) is 0 Å². The molecule has 0 spiro atoms. The van der Waals surface area contributed by atoms with Crippen LogP contribution in [-0.2, 0) is 11.2 Å². The van der Waals surface area contributed by atoms with Crippen molar-refractivity contribution in [3.05, 3.63) is 41.0 Å². The lowest BCUT2D eigenvalue weighted by atomic mass is 9.95. The fraction of sp³-hybridized carbons (Fsp3) is 0.375. The van der Waals surface area contributed by atoms with Crippen molar-refractivity contribution in [3.8, 4) is 0 Å². The molecule has 0 aromatic heterocycles. The van der Waals surface area contributed by atoms with Crippen LogP contribution in [0, 0.1) is 5.41 Å². The van der Waals surface area contributed by atoms with Crippen LogP contribution in [0.15, 0.2) is 24.3 Å². The summed E-state index contributed by atoms with van der Waals surface area (Å²) < 4.78 is 0. The van der Waals surface area contributed by atoms with Gasteiger partial charge in [0.2, 0.25) is 0 Å². The Balaban J connectivity index is 1.69. The van der Waals surface area contributed by atoms with Crippen molar-refractivity contribution in [1.82, 2.24) is 5.32 Å². The molecule has 4 nitrogen and oxygen atoms in total. The van der Waals surface area contributed by atoms with Crippen LogP contribution in [0.5, 0.6) is 0 Å². The number of carbonyl (C=O) groups excluding carboxylic acids is 1. The minimum absolute atomic E-state index is 0.185. The highest BCUT2D eigenvalue weighted by atomic mass is 16.4. The number of nitrogens with one attached hydrogen (secondary N) is 1. The Bertz CT molecular complexity index is 600. The summed E-state index contributed by atoms with van der Waals surface area (Å²) in [6.07, 6.45) is 7.46. The van der Waals surface area contributed by atoms with Gasteiger partial charge < -0.3 is 10.4 Å². The largest absolute Gasteiger partial charge is 0.481 e. The minimum Gasteiger partial charge on any atom is -0.481 e. The van der Waals surface area contributed by atoms with Crippen LogP contribution in [-0.4, -0.2) is 23.5 Å². The molecule has 1 aromatic rings. The van der Waals surface area contributed by atoms with E-state index in [4.69, 9.17) is 5.11 Å². The Morgan fingerprint density at radius 1 is 1.30 bits per heavy atom. The Labute approximate surface area is 117 Å². The Hall–Kier alpha value is -2.10. The first kappa shape index (κ1) is 12.9. The minimum atomic E-state index is -0.812. The SMILES string of the molecule is O=C(NCC1(C(=O)O)CC1)c1ccc2c(c1)CCC=C2. The molecule has 1 amide bonds. The van der Waals surface area contributed by atoms with Crippen molar-refractivity contribution >= 4 is 18.0 Å². The molecule has 0 unspecified atom stereocenters. The van der Waals surface area contributed by atoms with Crippen LogP contribution in [0.2, 0.25) is 0 Å². The molecule has 2 N–H and O–H groups in total. The number of aliphatic carboxylic acids is 1. The van der Waals surface area contributed by atoms with E-state index in [1.54, 1.807) is 6.07 Å². The molecule has 1 fully saturated rings. The van der Waals surface area contributed by atoms with Gasteiger partial charge in [-0.15, -0.1) is 0 Å². The zero-order valence-electron chi connectivity index (χ0n) is 11.2. The Kier molecular flexibility index (Phi) is 3.08. The average molecular weight is 271 g/mol. The zero-order chi connectivity index (χ0) is 14.2. The van der Waals surface area contributed by atoms with Gasteiger partial charge in [0.05, 0.1) is 5.41 Å². The molecule has 0 heterocycles. The summed E-state index contributed by atoms with van der Waals surface area (Å²) in [6, 6.07) is 5.66. The van der Waals surface area contributed by atoms with Crippen LogP contribution in [0.25, 0.3) is 6.08 Å². The quantitative estimate of drug-likeness (QED) is 0.882. The predicted octanol–water partition coefficient (Wildman–Crippen LogP) is 2.24. The number of aryl methyl sites for hydroxylation is 1.